The molecule has 0 aromatic heterocycles. The van der Waals surface area contributed by atoms with Crippen molar-refractivity contribution in [3.63, 3.8) is 0 Å². The molecular weight excluding hydrogens is 271 g/mol. The normalized spacial score (nSPS) is 23.1. The third-order valence-corrected chi connectivity index (χ3v) is 3.70. The van der Waals surface area contributed by atoms with Gasteiger partial charge in [0.05, 0.1) is 0 Å². The van der Waals surface area contributed by atoms with E-state index in [9.17, 15) is 18.0 Å². The van der Waals surface area contributed by atoms with E-state index in [4.69, 9.17) is 10.8 Å². The summed E-state index contributed by atoms with van der Waals surface area (Å²) < 4.78 is 40.0. The van der Waals surface area contributed by atoms with Crippen LogP contribution in [0, 0.1) is 17.5 Å². The van der Waals surface area contributed by atoms with Crippen LogP contribution < -0.4 is 5.73 Å². The van der Waals surface area contributed by atoms with Gasteiger partial charge in [0, 0.05) is 23.6 Å². The molecule has 0 saturated heterocycles. The first-order valence-electron chi connectivity index (χ1n) is 6.13. The summed E-state index contributed by atoms with van der Waals surface area (Å²) in [6.45, 7) is 1.63. The van der Waals surface area contributed by atoms with Crippen LogP contribution in [-0.4, -0.2) is 17.1 Å². The van der Waals surface area contributed by atoms with Crippen molar-refractivity contribution in [2.75, 3.05) is 0 Å². The van der Waals surface area contributed by atoms with E-state index in [1.54, 1.807) is 6.92 Å². The molecule has 108 valence electrons. The predicted molar refractivity (Wildman–Crippen MR) is 66.6 cm³/mol. The van der Waals surface area contributed by atoms with E-state index in [1.807, 2.05) is 0 Å². The highest BCUT2D eigenvalue weighted by molar-refractivity contribution is 5.88. The lowest BCUT2D eigenvalue weighted by atomic mass is 9.77. The van der Waals surface area contributed by atoms with Crippen molar-refractivity contribution >= 4 is 5.97 Å². The Morgan fingerprint density at radius 1 is 1.20 bits per heavy atom. The molecule has 20 heavy (non-hydrogen) atoms. The largest absolute Gasteiger partial charge is 0.478 e. The highest BCUT2D eigenvalue weighted by Gasteiger charge is 2.32. The molecule has 1 aromatic rings. The first kappa shape index (κ1) is 14.6. The molecule has 0 fully saturated rings. The van der Waals surface area contributed by atoms with Crippen molar-refractivity contribution in [3.8, 4) is 0 Å². The van der Waals surface area contributed by atoms with E-state index in [0.717, 1.165) is 6.07 Å². The average Bonchev–Trinajstić information content (AvgIpc) is 2.36. The fraction of sp³-hybridized carbons (Fsp3) is 0.357. The molecule has 0 unspecified atom stereocenters. The summed E-state index contributed by atoms with van der Waals surface area (Å²) in [5, 5.41) is 9.02. The first-order chi connectivity index (χ1) is 9.31. The molecule has 0 bridgehead atoms. The van der Waals surface area contributed by atoms with Gasteiger partial charge in [-0.2, -0.15) is 0 Å². The Morgan fingerprint density at radius 3 is 2.40 bits per heavy atom. The molecular formula is C14H14F3NO2. The molecule has 6 heteroatoms. The standard InChI is InChI=1S/C14H14F3NO2/c1-6-2-9(13(18)4-7(6)14(19)20)8-3-11(16)12(17)5-10(8)15/h3,5,9,13H,2,4,18H2,1H3,(H,19,20)/t9-,13+/m1/s1. The fourth-order valence-electron chi connectivity index (χ4n) is 2.59. The third kappa shape index (κ3) is 2.56. The van der Waals surface area contributed by atoms with Crippen LogP contribution in [0.2, 0.25) is 0 Å². The second-order valence-electron chi connectivity index (χ2n) is 5.03. The van der Waals surface area contributed by atoms with Crippen LogP contribution in [0.5, 0.6) is 0 Å². The summed E-state index contributed by atoms with van der Waals surface area (Å²) in [5.74, 6) is -4.88. The van der Waals surface area contributed by atoms with Gasteiger partial charge < -0.3 is 10.8 Å². The number of carboxylic acid groups (broad SMARTS) is 1. The number of benzene rings is 1. The lowest BCUT2D eigenvalue weighted by Gasteiger charge is -2.30. The Balaban J connectivity index is 2.41. The zero-order chi connectivity index (χ0) is 15.0. The molecule has 0 heterocycles. The van der Waals surface area contributed by atoms with Crippen LogP contribution in [0.25, 0.3) is 0 Å². The molecule has 0 saturated carbocycles. The maximum atomic E-state index is 13.8. The summed E-state index contributed by atoms with van der Waals surface area (Å²) in [5.41, 5.74) is 6.65. The SMILES string of the molecule is CC1=C(C(=O)O)C[C@H](N)[C@@H](c2cc(F)c(F)cc2F)C1. The van der Waals surface area contributed by atoms with Crippen molar-refractivity contribution in [1.29, 1.82) is 0 Å². The summed E-state index contributed by atoms with van der Waals surface area (Å²) in [4.78, 5) is 11.0. The number of halogens is 3. The van der Waals surface area contributed by atoms with E-state index < -0.39 is 35.4 Å². The quantitative estimate of drug-likeness (QED) is 0.821. The Hall–Kier alpha value is -1.82. The van der Waals surface area contributed by atoms with E-state index in [2.05, 4.69) is 0 Å². The van der Waals surface area contributed by atoms with Crippen molar-refractivity contribution in [2.45, 2.75) is 31.7 Å². The van der Waals surface area contributed by atoms with Crippen molar-refractivity contribution in [3.05, 3.63) is 46.3 Å². The maximum Gasteiger partial charge on any atom is 0.331 e. The third-order valence-electron chi connectivity index (χ3n) is 3.70. The average molecular weight is 285 g/mol. The molecule has 1 aliphatic rings. The van der Waals surface area contributed by atoms with Crippen LogP contribution >= 0.6 is 0 Å². The minimum Gasteiger partial charge on any atom is -0.478 e. The molecule has 3 nitrogen and oxygen atoms in total. The van der Waals surface area contributed by atoms with Gasteiger partial charge >= 0.3 is 5.97 Å². The first-order valence-corrected chi connectivity index (χ1v) is 6.13. The van der Waals surface area contributed by atoms with Gasteiger partial charge in [0.15, 0.2) is 11.6 Å². The Kier molecular flexibility index (Phi) is 3.85. The lowest BCUT2D eigenvalue weighted by Crippen LogP contribution is -2.34. The number of rotatable bonds is 2. The number of allylic oxidation sites excluding steroid dienone is 1. The van der Waals surface area contributed by atoms with E-state index >= 15 is 0 Å². The molecule has 3 N–H and O–H groups in total. The van der Waals surface area contributed by atoms with Crippen LogP contribution in [0.1, 0.15) is 31.2 Å². The molecule has 0 amide bonds. The molecule has 0 radical (unpaired) electrons. The minimum absolute atomic E-state index is 0.0137. The Morgan fingerprint density at radius 2 is 1.80 bits per heavy atom. The summed E-state index contributed by atoms with van der Waals surface area (Å²) in [6.07, 6.45) is 0.287. The summed E-state index contributed by atoms with van der Waals surface area (Å²) >= 11 is 0. The van der Waals surface area contributed by atoms with E-state index in [-0.39, 0.29) is 24.0 Å². The maximum absolute atomic E-state index is 13.8. The van der Waals surface area contributed by atoms with Gasteiger partial charge in [-0.05, 0) is 31.4 Å². The van der Waals surface area contributed by atoms with Crippen LogP contribution in [0.4, 0.5) is 13.2 Å². The Labute approximate surface area is 113 Å². The second-order valence-corrected chi connectivity index (χ2v) is 5.03. The van der Waals surface area contributed by atoms with E-state index in [0.29, 0.717) is 11.6 Å². The van der Waals surface area contributed by atoms with Crippen LogP contribution in [-0.2, 0) is 4.79 Å². The number of carboxylic acids is 1. The number of hydrogen-bond acceptors (Lipinski definition) is 2. The molecule has 1 aromatic carbocycles. The molecule has 0 aliphatic heterocycles. The zero-order valence-corrected chi connectivity index (χ0v) is 10.8. The lowest BCUT2D eigenvalue weighted by molar-refractivity contribution is -0.133. The van der Waals surface area contributed by atoms with Crippen molar-refractivity contribution < 1.29 is 23.1 Å². The van der Waals surface area contributed by atoms with Crippen molar-refractivity contribution in [1.82, 2.24) is 0 Å². The number of carbonyl (C=O) groups is 1. The van der Waals surface area contributed by atoms with Crippen LogP contribution in [0.15, 0.2) is 23.3 Å². The molecule has 2 rings (SSSR count). The zero-order valence-electron chi connectivity index (χ0n) is 10.8. The fourth-order valence-corrected chi connectivity index (χ4v) is 2.59. The van der Waals surface area contributed by atoms with Crippen LogP contribution in [0.3, 0.4) is 0 Å². The van der Waals surface area contributed by atoms with Gasteiger partial charge in [-0.25, -0.2) is 18.0 Å². The van der Waals surface area contributed by atoms with E-state index in [1.165, 1.54) is 0 Å². The van der Waals surface area contributed by atoms with Crippen molar-refractivity contribution in [2.24, 2.45) is 5.73 Å². The van der Waals surface area contributed by atoms with Gasteiger partial charge in [0.2, 0.25) is 0 Å². The monoisotopic (exact) mass is 285 g/mol. The molecule has 1 aliphatic carbocycles. The smallest absolute Gasteiger partial charge is 0.331 e. The van der Waals surface area contributed by atoms with Gasteiger partial charge in [-0.1, -0.05) is 5.57 Å². The number of nitrogens with two attached hydrogens (primary N) is 1. The highest BCUT2D eigenvalue weighted by atomic mass is 19.2. The van der Waals surface area contributed by atoms with Gasteiger partial charge in [0.25, 0.3) is 0 Å². The minimum atomic E-state index is -1.26. The van der Waals surface area contributed by atoms with Gasteiger partial charge in [-0.3, -0.25) is 0 Å². The molecule has 2 atom stereocenters. The second kappa shape index (κ2) is 5.28. The summed E-state index contributed by atoms with van der Waals surface area (Å²) in [7, 11) is 0. The summed E-state index contributed by atoms with van der Waals surface area (Å²) in [6, 6.07) is 0.640. The van der Waals surface area contributed by atoms with Gasteiger partial charge in [-0.15, -0.1) is 0 Å². The Bertz CT molecular complexity index is 598. The van der Waals surface area contributed by atoms with Gasteiger partial charge in [0.1, 0.15) is 5.82 Å². The molecule has 0 spiro atoms. The number of hydrogen-bond donors (Lipinski definition) is 2. The highest BCUT2D eigenvalue weighted by Crippen LogP contribution is 2.37. The number of aliphatic carboxylic acids is 1. The topological polar surface area (TPSA) is 63.3 Å². The predicted octanol–water partition coefficient (Wildman–Crippen LogP) is 2.71.